The summed E-state index contributed by atoms with van der Waals surface area (Å²) in [6.45, 7) is 6.64. The highest BCUT2D eigenvalue weighted by Crippen LogP contribution is 2.23. The molecule has 1 heterocycles. The Hall–Kier alpha value is -0.380. The zero-order valence-corrected chi connectivity index (χ0v) is 10.6. The van der Waals surface area contributed by atoms with Crippen molar-refractivity contribution in [2.75, 3.05) is 6.61 Å². The SMILES string of the molecule is CCc1ccc(C(C)NC(CC)CO)s1. The van der Waals surface area contributed by atoms with Gasteiger partial charge in [0.2, 0.25) is 0 Å². The lowest BCUT2D eigenvalue weighted by molar-refractivity contribution is 0.230. The predicted octanol–water partition coefficient (Wildman–Crippen LogP) is 2.73. The van der Waals surface area contributed by atoms with Crippen molar-refractivity contribution in [2.45, 2.75) is 45.7 Å². The van der Waals surface area contributed by atoms with Crippen molar-refractivity contribution in [2.24, 2.45) is 0 Å². The monoisotopic (exact) mass is 227 g/mol. The first kappa shape index (κ1) is 12.7. The first-order valence-electron chi connectivity index (χ1n) is 5.66. The van der Waals surface area contributed by atoms with Crippen molar-refractivity contribution in [1.82, 2.24) is 5.32 Å². The van der Waals surface area contributed by atoms with Crippen molar-refractivity contribution < 1.29 is 5.11 Å². The van der Waals surface area contributed by atoms with Crippen LogP contribution in [0.5, 0.6) is 0 Å². The Balaban J connectivity index is 2.55. The van der Waals surface area contributed by atoms with Crippen molar-refractivity contribution in [3.05, 3.63) is 21.9 Å². The normalized spacial score (nSPS) is 15.2. The standard InChI is InChI=1S/C12H21NOS/c1-4-10(8-14)13-9(3)12-7-6-11(5-2)15-12/h6-7,9-10,13-14H,4-5,8H2,1-3H3. The number of aryl methyl sites for hydroxylation is 1. The molecule has 2 unspecified atom stereocenters. The van der Waals surface area contributed by atoms with E-state index in [-0.39, 0.29) is 12.6 Å². The zero-order chi connectivity index (χ0) is 11.3. The van der Waals surface area contributed by atoms with Crippen LogP contribution in [0, 0.1) is 0 Å². The molecule has 1 aromatic rings. The molecule has 3 heteroatoms. The van der Waals surface area contributed by atoms with Crippen LogP contribution in [0.1, 0.15) is 43.0 Å². The molecule has 0 bridgehead atoms. The average Bonchev–Trinajstić information content (AvgIpc) is 2.74. The summed E-state index contributed by atoms with van der Waals surface area (Å²) >= 11 is 1.86. The van der Waals surface area contributed by atoms with E-state index in [4.69, 9.17) is 5.11 Å². The van der Waals surface area contributed by atoms with Gasteiger partial charge in [-0.2, -0.15) is 0 Å². The van der Waals surface area contributed by atoms with E-state index in [0.29, 0.717) is 6.04 Å². The maximum absolute atomic E-state index is 9.11. The fourth-order valence-corrected chi connectivity index (χ4v) is 2.52. The Kier molecular flexibility index (Phi) is 5.29. The number of hydrogen-bond acceptors (Lipinski definition) is 3. The summed E-state index contributed by atoms with van der Waals surface area (Å²) in [6, 6.07) is 4.93. The van der Waals surface area contributed by atoms with E-state index < -0.39 is 0 Å². The van der Waals surface area contributed by atoms with Gasteiger partial charge in [0.1, 0.15) is 0 Å². The van der Waals surface area contributed by atoms with E-state index in [1.165, 1.54) is 9.75 Å². The molecule has 15 heavy (non-hydrogen) atoms. The first-order chi connectivity index (χ1) is 7.21. The van der Waals surface area contributed by atoms with Gasteiger partial charge in [-0.15, -0.1) is 11.3 Å². The Morgan fingerprint density at radius 1 is 1.40 bits per heavy atom. The summed E-state index contributed by atoms with van der Waals surface area (Å²) in [7, 11) is 0. The van der Waals surface area contributed by atoms with Crippen LogP contribution in [0.15, 0.2) is 12.1 Å². The second-order valence-electron chi connectivity index (χ2n) is 3.83. The minimum Gasteiger partial charge on any atom is -0.395 e. The van der Waals surface area contributed by atoms with E-state index in [0.717, 1.165) is 12.8 Å². The summed E-state index contributed by atoms with van der Waals surface area (Å²) in [5, 5.41) is 12.5. The van der Waals surface area contributed by atoms with Gasteiger partial charge in [0.15, 0.2) is 0 Å². The van der Waals surface area contributed by atoms with Crippen LogP contribution in [0.4, 0.5) is 0 Å². The average molecular weight is 227 g/mol. The van der Waals surface area contributed by atoms with Gasteiger partial charge >= 0.3 is 0 Å². The van der Waals surface area contributed by atoms with Gasteiger partial charge in [-0.3, -0.25) is 0 Å². The van der Waals surface area contributed by atoms with Crippen molar-refractivity contribution >= 4 is 11.3 Å². The topological polar surface area (TPSA) is 32.3 Å². The highest BCUT2D eigenvalue weighted by Gasteiger charge is 2.12. The lowest BCUT2D eigenvalue weighted by Crippen LogP contribution is -2.33. The molecule has 0 aliphatic heterocycles. The molecule has 2 N–H and O–H groups in total. The lowest BCUT2D eigenvalue weighted by Gasteiger charge is -2.19. The molecule has 0 spiro atoms. The molecule has 1 rings (SSSR count). The number of thiophene rings is 1. The van der Waals surface area contributed by atoms with Crippen LogP contribution in [0.25, 0.3) is 0 Å². The molecule has 0 amide bonds. The quantitative estimate of drug-likeness (QED) is 0.783. The van der Waals surface area contributed by atoms with Crippen LogP contribution in [0.3, 0.4) is 0 Å². The van der Waals surface area contributed by atoms with Crippen molar-refractivity contribution in [1.29, 1.82) is 0 Å². The van der Waals surface area contributed by atoms with Gasteiger partial charge in [0.05, 0.1) is 6.61 Å². The third kappa shape index (κ3) is 3.59. The van der Waals surface area contributed by atoms with Crippen LogP contribution >= 0.6 is 11.3 Å². The zero-order valence-electron chi connectivity index (χ0n) is 9.79. The molecule has 1 aromatic heterocycles. The number of rotatable bonds is 6. The molecule has 0 radical (unpaired) electrons. The summed E-state index contributed by atoms with van der Waals surface area (Å²) in [6.07, 6.45) is 2.07. The summed E-state index contributed by atoms with van der Waals surface area (Å²) in [4.78, 5) is 2.79. The number of hydrogen-bond donors (Lipinski definition) is 2. The fraction of sp³-hybridized carbons (Fsp3) is 0.667. The molecule has 0 aromatic carbocycles. The van der Waals surface area contributed by atoms with Gasteiger partial charge in [0, 0.05) is 21.8 Å². The molecule has 0 aliphatic carbocycles. The molecular formula is C12H21NOS. The molecule has 2 nitrogen and oxygen atoms in total. The maximum atomic E-state index is 9.11. The number of aliphatic hydroxyl groups excluding tert-OH is 1. The third-order valence-electron chi connectivity index (χ3n) is 2.66. The third-order valence-corrected chi connectivity index (χ3v) is 4.07. The van der Waals surface area contributed by atoms with Crippen molar-refractivity contribution in [3.8, 4) is 0 Å². The van der Waals surface area contributed by atoms with Crippen molar-refractivity contribution in [3.63, 3.8) is 0 Å². The Labute approximate surface area is 96.3 Å². The largest absolute Gasteiger partial charge is 0.395 e. The highest BCUT2D eigenvalue weighted by molar-refractivity contribution is 7.12. The lowest BCUT2D eigenvalue weighted by atomic mass is 10.2. The van der Waals surface area contributed by atoms with Gasteiger partial charge in [-0.05, 0) is 31.9 Å². The van der Waals surface area contributed by atoms with E-state index >= 15 is 0 Å². The molecular weight excluding hydrogens is 206 g/mol. The second kappa shape index (κ2) is 6.26. The van der Waals surface area contributed by atoms with E-state index in [1.54, 1.807) is 0 Å². The van der Waals surface area contributed by atoms with Gasteiger partial charge in [0.25, 0.3) is 0 Å². The van der Waals surface area contributed by atoms with E-state index in [9.17, 15) is 0 Å². The smallest absolute Gasteiger partial charge is 0.0584 e. The highest BCUT2D eigenvalue weighted by atomic mass is 32.1. The summed E-state index contributed by atoms with van der Waals surface area (Å²) in [5.74, 6) is 0. The molecule has 0 saturated carbocycles. The molecule has 2 atom stereocenters. The number of aliphatic hydroxyl groups is 1. The van der Waals surface area contributed by atoms with E-state index in [1.807, 2.05) is 11.3 Å². The number of nitrogens with one attached hydrogen (secondary N) is 1. The Bertz CT molecular complexity index is 281. The van der Waals surface area contributed by atoms with Gasteiger partial charge < -0.3 is 10.4 Å². The van der Waals surface area contributed by atoms with Crippen LogP contribution < -0.4 is 5.32 Å². The maximum Gasteiger partial charge on any atom is 0.0584 e. The fourth-order valence-electron chi connectivity index (χ4n) is 1.55. The van der Waals surface area contributed by atoms with Gasteiger partial charge in [-0.1, -0.05) is 13.8 Å². The Morgan fingerprint density at radius 3 is 2.60 bits per heavy atom. The van der Waals surface area contributed by atoms with Crippen LogP contribution in [0.2, 0.25) is 0 Å². The van der Waals surface area contributed by atoms with E-state index in [2.05, 4.69) is 38.2 Å². The molecule has 0 saturated heterocycles. The molecule has 0 aliphatic rings. The Morgan fingerprint density at radius 2 is 2.13 bits per heavy atom. The van der Waals surface area contributed by atoms with Crippen LogP contribution in [-0.4, -0.2) is 17.8 Å². The van der Waals surface area contributed by atoms with Gasteiger partial charge in [-0.25, -0.2) is 0 Å². The second-order valence-corrected chi connectivity index (χ2v) is 5.03. The first-order valence-corrected chi connectivity index (χ1v) is 6.48. The summed E-state index contributed by atoms with van der Waals surface area (Å²) in [5.41, 5.74) is 0. The molecule has 0 fully saturated rings. The molecule has 86 valence electrons. The summed E-state index contributed by atoms with van der Waals surface area (Å²) < 4.78 is 0. The predicted molar refractivity (Wildman–Crippen MR) is 66.4 cm³/mol. The minimum absolute atomic E-state index is 0.215. The van der Waals surface area contributed by atoms with Crippen LogP contribution in [-0.2, 0) is 6.42 Å². The minimum atomic E-state index is 0.215.